The number of rotatable bonds is 7. The van der Waals surface area contributed by atoms with Crippen molar-refractivity contribution in [3.8, 4) is 0 Å². The number of carbonyl (C=O) groups is 2. The Kier molecular flexibility index (Phi) is 6.90. The van der Waals surface area contributed by atoms with Crippen molar-refractivity contribution >= 4 is 28.3 Å². The van der Waals surface area contributed by atoms with E-state index in [9.17, 15) is 14.0 Å². The maximum absolute atomic E-state index is 13.1. The molecule has 1 aliphatic rings. The Morgan fingerprint density at radius 1 is 1.16 bits per heavy atom. The minimum atomic E-state index is -0.379. The molecule has 0 radical (unpaired) electrons. The highest BCUT2D eigenvalue weighted by molar-refractivity contribution is 7.17. The predicted molar refractivity (Wildman–Crippen MR) is 123 cm³/mol. The monoisotopic (exact) mass is 455 g/mol. The highest BCUT2D eigenvalue weighted by Gasteiger charge is 2.27. The fourth-order valence-corrected chi connectivity index (χ4v) is 5.21. The molecular weight excluding hydrogens is 429 g/mol. The summed E-state index contributed by atoms with van der Waals surface area (Å²) in [5.74, 6) is -0.646. The second-order valence-corrected chi connectivity index (χ2v) is 8.80. The number of aryl methyl sites for hydroxylation is 1. The lowest BCUT2D eigenvalue weighted by Crippen LogP contribution is -2.29. The van der Waals surface area contributed by atoms with Gasteiger partial charge in [-0.2, -0.15) is 0 Å². The predicted octanol–water partition coefficient (Wildman–Crippen LogP) is 5.11. The molecule has 1 aromatic carbocycles. The number of halogens is 1. The van der Waals surface area contributed by atoms with Gasteiger partial charge in [0.1, 0.15) is 10.8 Å². The van der Waals surface area contributed by atoms with E-state index in [1.165, 1.54) is 23.5 Å². The Morgan fingerprint density at radius 3 is 2.72 bits per heavy atom. The van der Waals surface area contributed by atoms with Crippen LogP contribution < -0.4 is 10.6 Å². The van der Waals surface area contributed by atoms with Crippen LogP contribution in [0.25, 0.3) is 0 Å². The summed E-state index contributed by atoms with van der Waals surface area (Å²) in [5.41, 5.74) is 3.40. The topological polar surface area (TPSA) is 72.4 Å². The van der Waals surface area contributed by atoms with E-state index >= 15 is 0 Å². The number of hydrogen-bond acceptors (Lipinski definition) is 4. The maximum atomic E-state index is 13.1. The van der Waals surface area contributed by atoms with Crippen molar-refractivity contribution in [2.75, 3.05) is 11.9 Å². The minimum Gasteiger partial charge on any atom is -0.462 e. The molecular formula is C24H26FN3O3S. The third-order valence-corrected chi connectivity index (χ3v) is 6.70. The van der Waals surface area contributed by atoms with Gasteiger partial charge in [0.2, 0.25) is 0 Å². The Hall–Kier alpha value is -3.13. The molecule has 4 rings (SSSR count). The Morgan fingerprint density at radius 2 is 1.94 bits per heavy atom. The quantitative estimate of drug-likeness (QED) is 0.486. The first kappa shape index (κ1) is 22.1. The van der Waals surface area contributed by atoms with Crippen molar-refractivity contribution in [3.63, 3.8) is 0 Å². The van der Waals surface area contributed by atoms with Gasteiger partial charge < -0.3 is 14.6 Å². The zero-order valence-corrected chi connectivity index (χ0v) is 18.8. The van der Waals surface area contributed by atoms with Crippen LogP contribution in [0.3, 0.4) is 0 Å². The highest BCUT2D eigenvalue weighted by atomic mass is 32.1. The van der Waals surface area contributed by atoms with E-state index in [-0.39, 0.29) is 17.8 Å². The molecule has 0 spiro atoms. The van der Waals surface area contributed by atoms with E-state index in [0.717, 1.165) is 47.4 Å². The van der Waals surface area contributed by atoms with E-state index in [4.69, 9.17) is 4.74 Å². The number of benzene rings is 1. The van der Waals surface area contributed by atoms with Crippen molar-refractivity contribution in [1.29, 1.82) is 0 Å². The normalized spacial score (nSPS) is 12.8. The second-order valence-electron chi connectivity index (χ2n) is 7.70. The van der Waals surface area contributed by atoms with E-state index in [0.29, 0.717) is 30.3 Å². The molecule has 2 heterocycles. The number of thiophene rings is 1. The summed E-state index contributed by atoms with van der Waals surface area (Å²) in [4.78, 5) is 26.3. The Balaban J connectivity index is 1.42. The molecule has 2 N–H and O–H groups in total. The Labute approximate surface area is 190 Å². The van der Waals surface area contributed by atoms with Gasteiger partial charge in [0.15, 0.2) is 0 Å². The molecule has 0 saturated carbocycles. The minimum absolute atomic E-state index is 0.266. The first-order valence-electron chi connectivity index (χ1n) is 10.8. The van der Waals surface area contributed by atoms with Crippen molar-refractivity contribution in [1.82, 2.24) is 9.88 Å². The fourth-order valence-electron chi connectivity index (χ4n) is 3.94. The van der Waals surface area contributed by atoms with Gasteiger partial charge in [-0.25, -0.2) is 14.0 Å². The van der Waals surface area contributed by atoms with Gasteiger partial charge >= 0.3 is 12.0 Å². The average molecular weight is 456 g/mol. The average Bonchev–Trinajstić information content (AvgIpc) is 3.37. The van der Waals surface area contributed by atoms with Crippen molar-refractivity contribution in [2.45, 2.75) is 45.7 Å². The fraction of sp³-hybridized carbons (Fsp3) is 0.333. The van der Waals surface area contributed by atoms with Gasteiger partial charge in [0, 0.05) is 23.3 Å². The van der Waals surface area contributed by atoms with Crippen molar-refractivity contribution in [2.24, 2.45) is 0 Å². The third kappa shape index (κ3) is 5.02. The number of anilines is 1. The number of nitrogens with zero attached hydrogens (tertiary/aromatic N) is 1. The lowest BCUT2D eigenvalue weighted by molar-refractivity contribution is 0.0526. The summed E-state index contributed by atoms with van der Waals surface area (Å²) in [6, 6.07) is 9.83. The number of fused-ring (bicyclic) bond motifs is 1. The molecule has 0 atom stereocenters. The van der Waals surface area contributed by atoms with Gasteiger partial charge in [0.25, 0.3) is 0 Å². The summed E-state index contributed by atoms with van der Waals surface area (Å²) in [6.07, 6.45) is 5.80. The van der Waals surface area contributed by atoms with E-state index in [2.05, 4.69) is 10.6 Å². The maximum Gasteiger partial charge on any atom is 0.341 e. The van der Waals surface area contributed by atoms with Crippen LogP contribution in [-0.4, -0.2) is 23.2 Å². The van der Waals surface area contributed by atoms with Crippen LogP contribution >= 0.6 is 11.3 Å². The number of hydrogen-bond donors (Lipinski definition) is 2. The second kappa shape index (κ2) is 9.99. The van der Waals surface area contributed by atoms with Gasteiger partial charge in [-0.15, -0.1) is 11.3 Å². The van der Waals surface area contributed by atoms with Gasteiger partial charge in [0.05, 0.1) is 18.7 Å². The summed E-state index contributed by atoms with van der Waals surface area (Å²) < 4.78 is 20.4. The number of ether oxygens (including phenoxy) is 1. The van der Waals surface area contributed by atoms with Gasteiger partial charge in [-0.05, 0) is 68.0 Å². The summed E-state index contributed by atoms with van der Waals surface area (Å²) in [6.45, 7) is 2.97. The third-order valence-electron chi connectivity index (χ3n) is 5.50. The molecule has 0 unspecified atom stereocenters. The SMILES string of the molecule is CCOC(=O)c1c(NC(=O)NCc2cccn2Cc2ccc(F)cc2)sc2c1CCCC2. The number of urea groups is 1. The van der Waals surface area contributed by atoms with Crippen LogP contribution in [0.2, 0.25) is 0 Å². The molecule has 1 aliphatic carbocycles. The first-order valence-corrected chi connectivity index (χ1v) is 11.6. The smallest absolute Gasteiger partial charge is 0.341 e. The highest BCUT2D eigenvalue weighted by Crippen LogP contribution is 2.38. The first-order chi connectivity index (χ1) is 15.5. The number of nitrogens with one attached hydrogen (secondary N) is 2. The zero-order chi connectivity index (χ0) is 22.5. The molecule has 2 amide bonds. The standard InChI is InChI=1S/C24H26FN3O3S/c1-2-31-23(29)21-19-7-3-4-8-20(19)32-22(21)27-24(30)26-14-18-6-5-13-28(18)15-16-9-11-17(25)12-10-16/h5-6,9-13H,2-4,7-8,14-15H2,1H3,(H2,26,27,30). The lowest BCUT2D eigenvalue weighted by Gasteiger charge is -2.13. The summed E-state index contributed by atoms with van der Waals surface area (Å²) >= 11 is 1.47. The largest absolute Gasteiger partial charge is 0.462 e. The summed E-state index contributed by atoms with van der Waals surface area (Å²) in [5, 5.41) is 6.28. The molecule has 0 saturated heterocycles. The number of carbonyl (C=O) groups excluding carboxylic acids is 2. The van der Waals surface area contributed by atoms with Gasteiger partial charge in [-0.3, -0.25) is 5.32 Å². The molecule has 6 nitrogen and oxygen atoms in total. The zero-order valence-electron chi connectivity index (χ0n) is 17.9. The Bertz CT molecular complexity index is 1100. The van der Waals surface area contributed by atoms with Crippen LogP contribution in [0.5, 0.6) is 0 Å². The molecule has 0 aliphatic heterocycles. The van der Waals surface area contributed by atoms with Crippen LogP contribution in [0.4, 0.5) is 14.2 Å². The number of aromatic nitrogens is 1. The van der Waals surface area contributed by atoms with Crippen molar-refractivity contribution in [3.05, 3.63) is 75.7 Å². The molecule has 3 aromatic rings. The molecule has 2 aromatic heterocycles. The number of esters is 1. The van der Waals surface area contributed by atoms with Crippen LogP contribution in [-0.2, 0) is 30.7 Å². The molecule has 32 heavy (non-hydrogen) atoms. The van der Waals surface area contributed by atoms with Crippen LogP contribution in [0.1, 0.15) is 51.8 Å². The summed E-state index contributed by atoms with van der Waals surface area (Å²) in [7, 11) is 0. The van der Waals surface area contributed by atoms with Gasteiger partial charge in [-0.1, -0.05) is 12.1 Å². The van der Waals surface area contributed by atoms with Crippen LogP contribution in [0, 0.1) is 5.82 Å². The molecule has 0 bridgehead atoms. The van der Waals surface area contributed by atoms with Crippen molar-refractivity contribution < 1.29 is 18.7 Å². The lowest BCUT2D eigenvalue weighted by atomic mass is 9.95. The van der Waals surface area contributed by atoms with Crippen LogP contribution in [0.15, 0.2) is 42.6 Å². The molecule has 8 heteroatoms. The molecule has 168 valence electrons. The molecule has 0 fully saturated rings. The van der Waals surface area contributed by atoms with E-state index < -0.39 is 0 Å². The van der Waals surface area contributed by atoms with E-state index in [1.54, 1.807) is 19.1 Å². The number of amides is 2. The van der Waals surface area contributed by atoms with E-state index in [1.807, 2.05) is 22.9 Å².